The van der Waals surface area contributed by atoms with Crippen molar-refractivity contribution in [2.45, 2.75) is 43.9 Å². The Balaban J connectivity index is 1.18. The molecule has 8 heteroatoms. The molecule has 2 aliphatic rings. The zero-order valence-electron chi connectivity index (χ0n) is 21.9. The number of nitrogens with one attached hydrogen (secondary N) is 1. The van der Waals surface area contributed by atoms with Crippen LogP contribution in [0.2, 0.25) is 0 Å². The van der Waals surface area contributed by atoms with Gasteiger partial charge in [0.05, 0.1) is 18.1 Å². The van der Waals surface area contributed by atoms with Gasteiger partial charge in [0.2, 0.25) is 5.91 Å². The normalized spacial score (nSPS) is 16.5. The molecule has 1 saturated heterocycles. The van der Waals surface area contributed by atoms with Crippen LogP contribution >= 0.6 is 0 Å². The van der Waals surface area contributed by atoms with Gasteiger partial charge in [0.15, 0.2) is 11.6 Å². The van der Waals surface area contributed by atoms with Gasteiger partial charge in [-0.3, -0.25) is 9.59 Å². The number of likely N-dealkylation sites (tertiary alicyclic amines) is 1. The molecule has 0 radical (unpaired) electrons. The van der Waals surface area contributed by atoms with Gasteiger partial charge < -0.3 is 15.0 Å². The van der Waals surface area contributed by atoms with Crippen LogP contribution in [-0.2, 0) is 14.9 Å². The first-order chi connectivity index (χ1) is 18.7. The highest BCUT2D eigenvalue weighted by atomic mass is 19.2. The molecule has 6 nitrogen and oxygen atoms in total. The van der Waals surface area contributed by atoms with E-state index in [1.54, 1.807) is 18.2 Å². The minimum absolute atomic E-state index is 0.0459. The van der Waals surface area contributed by atoms with Crippen LogP contribution in [0.3, 0.4) is 0 Å². The number of anilines is 1. The van der Waals surface area contributed by atoms with Crippen LogP contribution < -0.4 is 5.32 Å². The number of amides is 2. The standard InChI is InChI=1S/C31H30F2N2O4/c1-19-17-22(29(37)39-2)5-9-25(19)28(36)35-15-11-21(12-16-35)20-3-7-24(8-4-20)34-30(38)31(13-14-31)23-6-10-26(32)27(33)18-23/h3-10,17-18,21H,11-16H2,1-2H3,(H,34,38). The van der Waals surface area contributed by atoms with Crippen molar-refractivity contribution in [1.82, 2.24) is 4.90 Å². The molecular formula is C31H30F2N2O4. The fourth-order valence-electron chi connectivity index (χ4n) is 5.39. The lowest BCUT2D eigenvalue weighted by atomic mass is 9.89. The van der Waals surface area contributed by atoms with E-state index in [1.165, 1.54) is 13.2 Å². The number of piperidine rings is 1. The molecule has 3 aromatic rings. The first kappa shape index (κ1) is 26.5. The second-order valence-corrected chi connectivity index (χ2v) is 10.4. The smallest absolute Gasteiger partial charge is 0.337 e. The number of esters is 1. The number of carbonyl (C=O) groups excluding carboxylic acids is 3. The molecule has 1 aliphatic carbocycles. The molecule has 0 aromatic heterocycles. The maximum Gasteiger partial charge on any atom is 0.337 e. The van der Waals surface area contributed by atoms with Crippen molar-refractivity contribution < 1.29 is 27.9 Å². The van der Waals surface area contributed by atoms with E-state index in [1.807, 2.05) is 36.1 Å². The van der Waals surface area contributed by atoms with Gasteiger partial charge in [0.1, 0.15) is 0 Å². The van der Waals surface area contributed by atoms with Crippen LogP contribution in [0.25, 0.3) is 0 Å². The van der Waals surface area contributed by atoms with E-state index in [0.29, 0.717) is 54.2 Å². The van der Waals surface area contributed by atoms with Crippen molar-refractivity contribution in [3.05, 3.63) is 100 Å². The molecule has 0 spiro atoms. The monoisotopic (exact) mass is 532 g/mol. The number of nitrogens with zero attached hydrogens (tertiary/aromatic N) is 1. The third-order valence-corrected chi connectivity index (χ3v) is 7.96. The van der Waals surface area contributed by atoms with E-state index in [4.69, 9.17) is 4.74 Å². The van der Waals surface area contributed by atoms with E-state index in [2.05, 4.69) is 5.32 Å². The fraction of sp³-hybridized carbons (Fsp3) is 0.323. The molecule has 0 atom stereocenters. The summed E-state index contributed by atoms with van der Waals surface area (Å²) < 4.78 is 31.8. The maximum absolute atomic E-state index is 13.7. The molecule has 5 rings (SSSR count). The van der Waals surface area contributed by atoms with Gasteiger partial charge in [0.25, 0.3) is 5.91 Å². The summed E-state index contributed by atoms with van der Waals surface area (Å²) >= 11 is 0. The number of ether oxygens (including phenoxy) is 1. The number of rotatable bonds is 6. The topological polar surface area (TPSA) is 75.7 Å². The molecule has 1 saturated carbocycles. The molecule has 2 fully saturated rings. The van der Waals surface area contributed by atoms with Crippen LogP contribution in [0.1, 0.15) is 69.0 Å². The Hall–Kier alpha value is -4.07. The average molecular weight is 533 g/mol. The van der Waals surface area contributed by atoms with Gasteiger partial charge in [-0.1, -0.05) is 18.2 Å². The van der Waals surface area contributed by atoms with Gasteiger partial charge in [0, 0.05) is 24.3 Å². The molecule has 2 amide bonds. The molecule has 1 aliphatic heterocycles. The van der Waals surface area contributed by atoms with Crippen molar-refractivity contribution in [2.75, 3.05) is 25.5 Å². The van der Waals surface area contributed by atoms with Gasteiger partial charge >= 0.3 is 5.97 Å². The van der Waals surface area contributed by atoms with Crippen LogP contribution in [0.4, 0.5) is 14.5 Å². The number of aryl methyl sites for hydroxylation is 1. The molecule has 202 valence electrons. The summed E-state index contributed by atoms with van der Waals surface area (Å²) in [5.41, 5.74) is 3.20. The summed E-state index contributed by atoms with van der Waals surface area (Å²) in [6.07, 6.45) is 2.81. The number of hydrogen-bond acceptors (Lipinski definition) is 4. The summed E-state index contributed by atoms with van der Waals surface area (Å²) in [4.78, 5) is 39.7. The highest BCUT2D eigenvalue weighted by Crippen LogP contribution is 2.49. The van der Waals surface area contributed by atoms with Crippen molar-refractivity contribution in [2.24, 2.45) is 0 Å². The highest BCUT2D eigenvalue weighted by Gasteiger charge is 2.51. The maximum atomic E-state index is 13.7. The summed E-state index contributed by atoms with van der Waals surface area (Å²) in [6.45, 7) is 3.06. The zero-order chi connectivity index (χ0) is 27.7. The molecular weight excluding hydrogens is 502 g/mol. The third kappa shape index (κ3) is 5.28. The Labute approximate surface area is 226 Å². The SMILES string of the molecule is COC(=O)c1ccc(C(=O)N2CCC(c3ccc(NC(=O)C4(c5ccc(F)c(F)c5)CC4)cc3)CC2)c(C)c1. The minimum atomic E-state index is -0.949. The molecule has 3 aromatic carbocycles. The lowest BCUT2D eigenvalue weighted by Gasteiger charge is -2.32. The third-order valence-electron chi connectivity index (χ3n) is 7.96. The Morgan fingerprint density at radius 1 is 0.923 bits per heavy atom. The van der Waals surface area contributed by atoms with Crippen molar-refractivity contribution >= 4 is 23.5 Å². The zero-order valence-corrected chi connectivity index (χ0v) is 21.9. The summed E-state index contributed by atoms with van der Waals surface area (Å²) in [5.74, 6) is -2.28. The predicted molar refractivity (Wildman–Crippen MR) is 143 cm³/mol. The molecule has 0 bridgehead atoms. The van der Waals surface area contributed by atoms with E-state index >= 15 is 0 Å². The molecule has 1 heterocycles. The van der Waals surface area contributed by atoms with Crippen LogP contribution in [0.15, 0.2) is 60.7 Å². The lowest BCUT2D eigenvalue weighted by molar-refractivity contribution is -0.118. The van der Waals surface area contributed by atoms with Crippen molar-refractivity contribution in [3.63, 3.8) is 0 Å². The summed E-state index contributed by atoms with van der Waals surface area (Å²) in [6, 6.07) is 16.3. The van der Waals surface area contributed by atoms with Gasteiger partial charge in [-0.2, -0.15) is 0 Å². The van der Waals surface area contributed by atoms with Crippen LogP contribution in [0, 0.1) is 18.6 Å². The predicted octanol–water partition coefficient (Wildman–Crippen LogP) is 5.75. The Morgan fingerprint density at radius 3 is 2.21 bits per heavy atom. The second-order valence-electron chi connectivity index (χ2n) is 10.4. The Bertz CT molecular complexity index is 1430. The first-order valence-electron chi connectivity index (χ1n) is 13.1. The van der Waals surface area contributed by atoms with Crippen LogP contribution in [0.5, 0.6) is 0 Å². The van der Waals surface area contributed by atoms with Gasteiger partial charge in [-0.15, -0.1) is 0 Å². The van der Waals surface area contributed by atoms with E-state index in [-0.39, 0.29) is 11.8 Å². The summed E-state index contributed by atoms with van der Waals surface area (Å²) in [5, 5.41) is 2.93. The van der Waals surface area contributed by atoms with Crippen molar-refractivity contribution in [3.8, 4) is 0 Å². The number of halogens is 2. The number of benzene rings is 3. The van der Waals surface area contributed by atoms with Gasteiger partial charge in [-0.25, -0.2) is 13.6 Å². The average Bonchev–Trinajstić information content (AvgIpc) is 3.76. The van der Waals surface area contributed by atoms with Gasteiger partial charge in [-0.05, 0) is 97.7 Å². The second kappa shape index (κ2) is 10.6. The van der Waals surface area contributed by atoms with E-state index in [9.17, 15) is 23.2 Å². The number of carbonyl (C=O) groups is 3. The molecule has 39 heavy (non-hydrogen) atoms. The first-order valence-corrected chi connectivity index (χ1v) is 13.1. The van der Waals surface area contributed by atoms with E-state index in [0.717, 1.165) is 36.1 Å². The molecule has 0 unspecified atom stereocenters. The Morgan fingerprint density at radius 2 is 1.62 bits per heavy atom. The summed E-state index contributed by atoms with van der Waals surface area (Å²) in [7, 11) is 1.33. The quantitative estimate of drug-likeness (QED) is 0.410. The van der Waals surface area contributed by atoms with Crippen LogP contribution in [-0.4, -0.2) is 42.9 Å². The lowest BCUT2D eigenvalue weighted by Crippen LogP contribution is -2.38. The minimum Gasteiger partial charge on any atom is -0.465 e. The van der Waals surface area contributed by atoms with E-state index < -0.39 is 23.0 Å². The highest BCUT2D eigenvalue weighted by molar-refractivity contribution is 6.01. The largest absolute Gasteiger partial charge is 0.465 e. The molecule has 1 N–H and O–H groups in total. The number of methoxy groups -OCH3 is 1. The fourth-order valence-corrected chi connectivity index (χ4v) is 5.39. The van der Waals surface area contributed by atoms with Crippen molar-refractivity contribution in [1.29, 1.82) is 0 Å². The Kier molecular flexibility index (Phi) is 7.21. The number of hydrogen-bond donors (Lipinski definition) is 1.